The monoisotopic (exact) mass is 366 g/mol. The molecule has 2 N–H and O–H groups in total. The van der Waals surface area contributed by atoms with Gasteiger partial charge in [0, 0.05) is 20.1 Å². The Morgan fingerprint density at radius 3 is 2.56 bits per heavy atom. The van der Waals surface area contributed by atoms with Crippen LogP contribution in [0.2, 0.25) is 0 Å². The van der Waals surface area contributed by atoms with Crippen molar-refractivity contribution in [3.8, 4) is 0 Å². The smallest absolute Gasteiger partial charge is 0.372 e. The summed E-state index contributed by atoms with van der Waals surface area (Å²) in [6.07, 6.45) is 1.48. The second-order valence-electron chi connectivity index (χ2n) is 5.48. The Morgan fingerprint density at radius 1 is 1.36 bits per heavy atom. The molecule has 0 spiro atoms. The molecule has 2 amide bonds. The summed E-state index contributed by atoms with van der Waals surface area (Å²) in [6, 6.07) is 0. The minimum atomic E-state index is -0.946. The van der Waals surface area contributed by atoms with Crippen molar-refractivity contribution in [1.29, 1.82) is 0 Å². The van der Waals surface area contributed by atoms with Crippen LogP contribution in [0.4, 0.5) is 0 Å². The van der Waals surface area contributed by atoms with Crippen LogP contribution in [0.3, 0.4) is 0 Å². The Labute approximate surface area is 148 Å². The topological polar surface area (TPSA) is 138 Å². The van der Waals surface area contributed by atoms with Crippen LogP contribution in [0.25, 0.3) is 5.53 Å². The summed E-state index contributed by atoms with van der Waals surface area (Å²) in [6.45, 7) is 5.16. The lowest BCUT2D eigenvalue weighted by Crippen LogP contribution is -2.48. The Kier molecular flexibility index (Phi) is 5.91. The van der Waals surface area contributed by atoms with Gasteiger partial charge in [-0.3, -0.25) is 9.59 Å². The number of thiocarbonyl (C=S) groups is 1. The van der Waals surface area contributed by atoms with Gasteiger partial charge in [0.15, 0.2) is 0 Å². The van der Waals surface area contributed by atoms with Crippen LogP contribution in [-0.2, 0) is 14.3 Å². The highest BCUT2D eigenvalue weighted by Gasteiger charge is 2.30. The number of ether oxygens (including phenoxy) is 1. The number of hydrogen-bond donors (Lipinski definition) is 2. The first-order chi connectivity index (χ1) is 11.8. The first kappa shape index (κ1) is 18.6. The molecule has 25 heavy (non-hydrogen) atoms. The number of morpholine rings is 1. The molecule has 0 aromatic carbocycles. The first-order valence-corrected chi connectivity index (χ1v) is 7.89. The molecule has 1 aliphatic rings. The van der Waals surface area contributed by atoms with Crippen LogP contribution in [0, 0.1) is 0 Å². The van der Waals surface area contributed by atoms with Crippen LogP contribution in [0.15, 0.2) is 6.20 Å². The van der Waals surface area contributed by atoms with Crippen LogP contribution < -0.4 is 10.7 Å². The number of carbonyl (C=O) groups excluding carboxylic acids is 2. The molecule has 0 aliphatic carbocycles. The maximum atomic E-state index is 11.9. The number of carbonyl (C=O) groups is 2. The van der Waals surface area contributed by atoms with E-state index in [4.69, 9.17) is 22.5 Å². The zero-order chi connectivity index (χ0) is 18.6. The molecule has 1 fully saturated rings. The van der Waals surface area contributed by atoms with E-state index in [2.05, 4.69) is 25.8 Å². The van der Waals surface area contributed by atoms with Crippen molar-refractivity contribution in [2.75, 3.05) is 25.6 Å². The number of nitrogens with zero attached hydrogens (tertiary/aromatic N) is 6. The molecular formula is C13H18N8O3S. The quantitative estimate of drug-likeness (QED) is 0.219. The van der Waals surface area contributed by atoms with Crippen molar-refractivity contribution in [3.63, 3.8) is 0 Å². The molecule has 11 nitrogen and oxygen atoms in total. The second kappa shape index (κ2) is 7.92. The maximum Gasteiger partial charge on any atom is 0.444 e. The molecule has 2 atom stereocenters. The summed E-state index contributed by atoms with van der Waals surface area (Å²) in [7, 11) is 1.30. The SMILES string of the molecule is CNC(=O)C(=[N+]=[N-])C(=O)Nn1cc(C(=S)N2C[C@H](C)O[C@@H](C)C2)nn1. The molecule has 12 heteroatoms. The van der Waals surface area contributed by atoms with Gasteiger partial charge in [0.2, 0.25) is 0 Å². The van der Waals surface area contributed by atoms with E-state index < -0.39 is 17.5 Å². The second-order valence-corrected chi connectivity index (χ2v) is 5.87. The van der Waals surface area contributed by atoms with E-state index in [1.165, 1.54) is 13.2 Å². The van der Waals surface area contributed by atoms with E-state index in [9.17, 15) is 9.59 Å². The van der Waals surface area contributed by atoms with Crippen molar-refractivity contribution in [2.45, 2.75) is 26.1 Å². The summed E-state index contributed by atoms with van der Waals surface area (Å²) in [4.78, 5) is 29.4. The first-order valence-electron chi connectivity index (χ1n) is 7.48. The number of amides is 2. The summed E-state index contributed by atoms with van der Waals surface area (Å²) in [5, 5.41) is 9.83. The van der Waals surface area contributed by atoms with Gasteiger partial charge in [-0.25, -0.2) is 5.43 Å². The fourth-order valence-electron chi connectivity index (χ4n) is 2.39. The predicted octanol–water partition coefficient (Wildman–Crippen LogP) is -1.45. The summed E-state index contributed by atoms with van der Waals surface area (Å²) >= 11 is 5.42. The Balaban J connectivity index is 2.07. The summed E-state index contributed by atoms with van der Waals surface area (Å²) in [5.41, 5.74) is 10.7. The molecule has 0 unspecified atom stereocenters. The van der Waals surface area contributed by atoms with Crippen molar-refractivity contribution < 1.29 is 19.1 Å². The average molecular weight is 366 g/mol. The molecule has 0 radical (unpaired) electrons. The van der Waals surface area contributed by atoms with Gasteiger partial charge < -0.3 is 20.5 Å². The molecule has 2 heterocycles. The third-order valence-electron chi connectivity index (χ3n) is 3.39. The highest BCUT2D eigenvalue weighted by atomic mass is 32.1. The number of hydrogen-bond acceptors (Lipinski definition) is 6. The standard InChI is InChI=1S/C13H18N8O3S/c1-7-4-20(5-8(2)24-7)13(25)9-6-21(19-17-9)18-12(23)10(16-14)11(22)15-3/h6-8H,4-5H2,1-3H3,(H,15,22)(H,18,23)/t7-,8-/m0/s1. The average Bonchev–Trinajstić information content (AvgIpc) is 3.02. The van der Waals surface area contributed by atoms with Crippen molar-refractivity contribution in [1.82, 2.24) is 25.3 Å². The van der Waals surface area contributed by atoms with Gasteiger partial charge in [-0.05, 0) is 19.1 Å². The molecule has 1 saturated heterocycles. The van der Waals surface area contributed by atoms with Gasteiger partial charge in [-0.1, -0.05) is 12.2 Å². The van der Waals surface area contributed by atoms with Gasteiger partial charge in [0.25, 0.3) is 0 Å². The van der Waals surface area contributed by atoms with E-state index in [1.54, 1.807) is 0 Å². The van der Waals surface area contributed by atoms with Gasteiger partial charge >= 0.3 is 17.5 Å². The number of rotatable bonds is 4. The highest BCUT2D eigenvalue weighted by molar-refractivity contribution is 7.80. The van der Waals surface area contributed by atoms with Crippen molar-refractivity contribution in [2.24, 2.45) is 0 Å². The van der Waals surface area contributed by atoms with Crippen LogP contribution in [-0.4, -0.2) is 79.7 Å². The highest BCUT2D eigenvalue weighted by Crippen LogP contribution is 2.13. The van der Waals surface area contributed by atoms with E-state index in [0.29, 0.717) is 23.8 Å². The van der Waals surface area contributed by atoms with Crippen molar-refractivity contribution >= 4 is 34.7 Å². The van der Waals surface area contributed by atoms with Gasteiger partial charge in [0.05, 0.1) is 18.4 Å². The lowest BCUT2D eigenvalue weighted by molar-refractivity contribution is -0.124. The Hall–Kier alpha value is -2.69. The van der Waals surface area contributed by atoms with Gasteiger partial charge in [0.1, 0.15) is 10.7 Å². The van der Waals surface area contributed by atoms with Crippen LogP contribution in [0.1, 0.15) is 19.5 Å². The fraction of sp³-hybridized carbons (Fsp3) is 0.538. The third kappa shape index (κ3) is 4.44. The fourth-order valence-corrected chi connectivity index (χ4v) is 2.63. The lowest BCUT2D eigenvalue weighted by atomic mass is 10.2. The molecular weight excluding hydrogens is 348 g/mol. The van der Waals surface area contributed by atoms with E-state index in [0.717, 1.165) is 4.79 Å². The van der Waals surface area contributed by atoms with Gasteiger partial charge in [-0.15, -0.1) is 5.10 Å². The number of nitrogens with one attached hydrogen (secondary N) is 2. The third-order valence-corrected chi connectivity index (χ3v) is 3.86. The number of aromatic nitrogens is 3. The zero-order valence-corrected chi connectivity index (χ0v) is 14.8. The largest absolute Gasteiger partial charge is 0.444 e. The predicted molar refractivity (Wildman–Crippen MR) is 90.4 cm³/mol. The minimum Gasteiger partial charge on any atom is -0.372 e. The molecule has 0 bridgehead atoms. The molecule has 0 saturated carbocycles. The molecule has 1 aromatic heterocycles. The minimum absolute atomic E-state index is 0.0346. The Bertz CT molecular complexity index is 731. The molecule has 134 valence electrons. The molecule has 1 aliphatic heterocycles. The van der Waals surface area contributed by atoms with E-state index in [-0.39, 0.29) is 12.2 Å². The van der Waals surface area contributed by atoms with E-state index in [1.807, 2.05) is 18.7 Å². The maximum absolute atomic E-state index is 11.9. The molecule has 1 aromatic rings. The lowest BCUT2D eigenvalue weighted by Gasteiger charge is -2.36. The molecule has 2 rings (SSSR count). The normalized spacial score (nSPS) is 19.7. The zero-order valence-electron chi connectivity index (χ0n) is 14.0. The summed E-state index contributed by atoms with van der Waals surface area (Å²) in [5.74, 6) is -1.79. The van der Waals surface area contributed by atoms with Crippen LogP contribution >= 0.6 is 12.2 Å². The van der Waals surface area contributed by atoms with Crippen molar-refractivity contribution in [3.05, 3.63) is 17.4 Å². The summed E-state index contributed by atoms with van der Waals surface area (Å²) < 4.78 is 5.66. The van der Waals surface area contributed by atoms with Crippen LogP contribution in [0.5, 0.6) is 0 Å². The Morgan fingerprint density at radius 2 is 2.00 bits per heavy atom. The van der Waals surface area contributed by atoms with Gasteiger partial charge in [-0.2, -0.15) is 9.58 Å². The van der Waals surface area contributed by atoms with E-state index >= 15 is 0 Å².